The molecule has 0 aromatic rings. The summed E-state index contributed by atoms with van der Waals surface area (Å²) in [5.41, 5.74) is 0.502. The third-order valence-electron chi connectivity index (χ3n) is 5.55. The molecule has 4 bridgehead atoms. The fourth-order valence-corrected chi connectivity index (χ4v) is 5.10. The van der Waals surface area contributed by atoms with Crippen molar-refractivity contribution in [2.24, 2.45) is 29.1 Å². The summed E-state index contributed by atoms with van der Waals surface area (Å²) in [4.78, 5) is 0. The van der Waals surface area contributed by atoms with Gasteiger partial charge in [-0.25, -0.2) is 0 Å². The lowest BCUT2D eigenvalue weighted by molar-refractivity contribution is 0.0319. The summed E-state index contributed by atoms with van der Waals surface area (Å²) in [6.07, 6.45) is 8.84. The molecular weight excluding hydrogens is 172 g/mol. The van der Waals surface area contributed by atoms with E-state index in [-0.39, 0.29) is 0 Å². The maximum absolute atomic E-state index is 6.20. The van der Waals surface area contributed by atoms with Crippen molar-refractivity contribution in [3.05, 3.63) is 12.2 Å². The summed E-state index contributed by atoms with van der Waals surface area (Å²) < 4.78 is 6.20. The molecule has 3 fully saturated rings. The molecule has 4 aliphatic rings. The molecule has 14 heavy (non-hydrogen) atoms. The van der Waals surface area contributed by atoms with Gasteiger partial charge in [-0.2, -0.15) is 0 Å². The minimum absolute atomic E-state index is 0.502. The lowest BCUT2D eigenvalue weighted by atomic mass is 9.60. The van der Waals surface area contributed by atoms with Crippen molar-refractivity contribution in [3.8, 4) is 0 Å². The van der Waals surface area contributed by atoms with E-state index in [1.54, 1.807) is 0 Å². The fourth-order valence-electron chi connectivity index (χ4n) is 5.10. The Labute approximate surface area is 85.5 Å². The summed E-state index contributed by atoms with van der Waals surface area (Å²) >= 11 is 0. The number of rotatable bonds is 0. The van der Waals surface area contributed by atoms with Crippen LogP contribution in [0.5, 0.6) is 0 Å². The molecule has 7 atom stereocenters. The van der Waals surface area contributed by atoms with Gasteiger partial charge in [-0.15, -0.1) is 0 Å². The van der Waals surface area contributed by atoms with Crippen LogP contribution in [0, 0.1) is 29.1 Å². The first-order chi connectivity index (χ1) is 6.71. The highest BCUT2D eigenvalue weighted by Gasteiger charge is 2.68. The summed E-state index contributed by atoms with van der Waals surface area (Å²) in [6.45, 7) is 4.87. The molecule has 1 heteroatoms. The lowest BCUT2D eigenvalue weighted by Gasteiger charge is -2.42. The number of fused-ring (bicyclic) bond motifs is 9. The molecule has 0 radical (unpaired) electrons. The first-order valence-corrected chi connectivity index (χ1v) is 6.05. The zero-order chi connectivity index (χ0) is 9.50. The average molecular weight is 190 g/mol. The smallest absolute Gasteiger partial charge is 0.0668 e. The van der Waals surface area contributed by atoms with Crippen LogP contribution in [0.2, 0.25) is 0 Å². The topological polar surface area (TPSA) is 9.23 Å². The van der Waals surface area contributed by atoms with E-state index in [0.717, 1.165) is 23.7 Å². The molecule has 76 valence electrons. The second-order valence-electron chi connectivity index (χ2n) is 6.09. The van der Waals surface area contributed by atoms with Crippen molar-refractivity contribution in [3.63, 3.8) is 0 Å². The molecule has 2 aliphatic heterocycles. The molecule has 0 aromatic heterocycles. The molecule has 1 saturated carbocycles. The minimum atomic E-state index is 0.502. The Morgan fingerprint density at radius 2 is 2.14 bits per heavy atom. The predicted molar refractivity (Wildman–Crippen MR) is 54.8 cm³/mol. The Morgan fingerprint density at radius 3 is 3.00 bits per heavy atom. The van der Waals surface area contributed by atoms with E-state index in [0.29, 0.717) is 17.6 Å². The molecule has 7 unspecified atom stereocenters. The van der Waals surface area contributed by atoms with Crippen LogP contribution in [0.1, 0.15) is 26.7 Å². The first-order valence-electron chi connectivity index (χ1n) is 6.05. The molecule has 1 nitrogen and oxygen atoms in total. The second kappa shape index (κ2) is 2.11. The monoisotopic (exact) mass is 190 g/mol. The van der Waals surface area contributed by atoms with Gasteiger partial charge in [0.2, 0.25) is 0 Å². The van der Waals surface area contributed by atoms with Gasteiger partial charge in [0.25, 0.3) is 0 Å². The Bertz CT molecular complexity index is 321. The first kappa shape index (κ1) is 7.92. The standard InChI is InChI=1S/C13H18O/c1-7-5-10-11-8-3-4-9(6-8)13(11,2)12(7)14-10/h3-4,7-12H,5-6H2,1-2H3. The van der Waals surface area contributed by atoms with E-state index in [4.69, 9.17) is 4.74 Å². The predicted octanol–water partition coefficient (Wildman–Crippen LogP) is 2.62. The van der Waals surface area contributed by atoms with Crippen molar-refractivity contribution in [1.29, 1.82) is 0 Å². The Hall–Kier alpha value is -0.300. The quantitative estimate of drug-likeness (QED) is 0.533. The zero-order valence-corrected chi connectivity index (χ0v) is 8.94. The van der Waals surface area contributed by atoms with Crippen molar-refractivity contribution < 1.29 is 4.74 Å². The van der Waals surface area contributed by atoms with Crippen LogP contribution in [-0.2, 0) is 4.74 Å². The van der Waals surface area contributed by atoms with E-state index in [2.05, 4.69) is 26.0 Å². The Balaban J connectivity index is 1.86. The number of hydrogen-bond donors (Lipinski definition) is 0. The van der Waals surface area contributed by atoms with Gasteiger partial charge in [-0.05, 0) is 36.5 Å². The Kier molecular flexibility index (Phi) is 1.19. The molecule has 2 heterocycles. The van der Waals surface area contributed by atoms with Gasteiger partial charge in [0.1, 0.15) is 0 Å². The molecule has 4 rings (SSSR count). The fraction of sp³-hybridized carbons (Fsp3) is 0.846. The largest absolute Gasteiger partial charge is 0.374 e. The lowest BCUT2D eigenvalue weighted by Crippen LogP contribution is -2.44. The van der Waals surface area contributed by atoms with Crippen molar-refractivity contribution in [2.45, 2.75) is 38.9 Å². The van der Waals surface area contributed by atoms with Gasteiger partial charge in [0, 0.05) is 5.41 Å². The van der Waals surface area contributed by atoms with Crippen LogP contribution in [-0.4, -0.2) is 12.2 Å². The molecule has 2 saturated heterocycles. The van der Waals surface area contributed by atoms with Crippen molar-refractivity contribution >= 4 is 0 Å². The van der Waals surface area contributed by atoms with Gasteiger partial charge in [-0.1, -0.05) is 26.0 Å². The highest BCUT2D eigenvalue weighted by Crippen LogP contribution is 2.68. The zero-order valence-electron chi connectivity index (χ0n) is 8.94. The van der Waals surface area contributed by atoms with Gasteiger partial charge < -0.3 is 4.74 Å². The van der Waals surface area contributed by atoms with E-state index < -0.39 is 0 Å². The van der Waals surface area contributed by atoms with E-state index in [9.17, 15) is 0 Å². The summed E-state index contributed by atoms with van der Waals surface area (Å²) in [6, 6.07) is 0. The average Bonchev–Trinajstić information content (AvgIpc) is 2.78. The number of allylic oxidation sites excluding steroid dienone is 2. The highest BCUT2D eigenvalue weighted by molar-refractivity contribution is 5.25. The van der Waals surface area contributed by atoms with E-state index >= 15 is 0 Å². The van der Waals surface area contributed by atoms with Gasteiger partial charge in [0.05, 0.1) is 12.2 Å². The summed E-state index contributed by atoms with van der Waals surface area (Å²) in [7, 11) is 0. The van der Waals surface area contributed by atoms with Crippen LogP contribution < -0.4 is 0 Å². The third-order valence-corrected chi connectivity index (χ3v) is 5.55. The SMILES string of the molecule is CC1CC2OC1C1(C)C3C=CC(C3)C21. The third kappa shape index (κ3) is 0.614. The maximum Gasteiger partial charge on any atom is 0.0668 e. The molecule has 0 spiro atoms. The molecule has 0 N–H and O–H groups in total. The number of hydrogen-bond acceptors (Lipinski definition) is 1. The van der Waals surface area contributed by atoms with Crippen LogP contribution in [0.3, 0.4) is 0 Å². The summed E-state index contributed by atoms with van der Waals surface area (Å²) in [5.74, 6) is 3.34. The van der Waals surface area contributed by atoms with Crippen LogP contribution in [0.4, 0.5) is 0 Å². The maximum atomic E-state index is 6.20. The molecule has 0 amide bonds. The highest BCUT2D eigenvalue weighted by atomic mass is 16.5. The Morgan fingerprint density at radius 1 is 1.29 bits per heavy atom. The van der Waals surface area contributed by atoms with Crippen molar-refractivity contribution in [1.82, 2.24) is 0 Å². The van der Waals surface area contributed by atoms with Crippen LogP contribution in [0.25, 0.3) is 0 Å². The van der Waals surface area contributed by atoms with E-state index in [1.165, 1.54) is 12.8 Å². The number of ether oxygens (including phenoxy) is 1. The minimum Gasteiger partial charge on any atom is -0.374 e. The normalized spacial score (nSPS) is 67.9. The second-order valence-corrected chi connectivity index (χ2v) is 6.09. The van der Waals surface area contributed by atoms with E-state index in [1.807, 2.05) is 0 Å². The van der Waals surface area contributed by atoms with Gasteiger partial charge >= 0.3 is 0 Å². The van der Waals surface area contributed by atoms with Gasteiger partial charge in [0.15, 0.2) is 0 Å². The molecule has 0 aromatic carbocycles. The summed E-state index contributed by atoms with van der Waals surface area (Å²) in [5, 5.41) is 0. The van der Waals surface area contributed by atoms with Gasteiger partial charge in [-0.3, -0.25) is 0 Å². The van der Waals surface area contributed by atoms with Crippen molar-refractivity contribution in [2.75, 3.05) is 0 Å². The van der Waals surface area contributed by atoms with Crippen LogP contribution in [0.15, 0.2) is 12.2 Å². The molecule has 2 aliphatic carbocycles. The molecular formula is C13H18O. The van der Waals surface area contributed by atoms with Crippen LogP contribution >= 0.6 is 0 Å².